The van der Waals surface area contributed by atoms with Crippen molar-refractivity contribution < 1.29 is 14.5 Å². The smallest absolute Gasteiger partial charge is 0.274 e. The summed E-state index contributed by atoms with van der Waals surface area (Å²) in [5, 5.41) is 26.1. The van der Waals surface area contributed by atoms with Crippen molar-refractivity contribution >= 4 is 58.2 Å². The van der Waals surface area contributed by atoms with E-state index >= 15 is 0 Å². The lowest BCUT2D eigenvalue weighted by Crippen LogP contribution is -2.26. The van der Waals surface area contributed by atoms with Gasteiger partial charge in [0.15, 0.2) is 5.16 Å². The summed E-state index contributed by atoms with van der Waals surface area (Å²) in [5.74, 6) is -0.0144. The Morgan fingerprint density at radius 3 is 2.67 bits per heavy atom. The highest BCUT2D eigenvalue weighted by Gasteiger charge is 2.16. The first-order valence-electron chi connectivity index (χ1n) is 10.6. The maximum absolute atomic E-state index is 12.4. The number of amides is 2. The number of carbonyl (C=O) groups excluding carboxylic acids is 2. The fourth-order valence-corrected chi connectivity index (χ4v) is 4.23. The molecule has 3 rings (SSSR count). The molecule has 0 aliphatic heterocycles. The van der Waals surface area contributed by atoms with Gasteiger partial charge in [-0.15, -0.1) is 16.8 Å². The normalized spacial score (nSPS) is 10.6. The van der Waals surface area contributed by atoms with Crippen LogP contribution in [0.4, 0.5) is 11.4 Å². The number of nitro groups is 1. The molecule has 10 nitrogen and oxygen atoms in total. The Labute approximate surface area is 221 Å². The number of hydrogen-bond acceptors (Lipinski definition) is 7. The van der Waals surface area contributed by atoms with Crippen LogP contribution in [0.2, 0.25) is 10.0 Å². The Bertz CT molecular complexity index is 1310. The standard InChI is InChI=1S/C23H22Cl2N6O4S/c1-3-10-30-20(8-9-26-22(33)15-5-7-17(24)18(25)11-15)28-29-23(30)36-13-21(32)27-16-6-4-14(2)19(12-16)31(34)35/h3-7,11-12H,1,8-10,13H2,2H3,(H,26,33)(H,27,32). The molecule has 188 valence electrons. The molecule has 0 aliphatic carbocycles. The molecule has 0 unspecified atom stereocenters. The van der Waals surface area contributed by atoms with Gasteiger partial charge in [-0.2, -0.15) is 0 Å². The van der Waals surface area contributed by atoms with E-state index in [1.165, 1.54) is 23.9 Å². The maximum Gasteiger partial charge on any atom is 0.274 e. The topological polar surface area (TPSA) is 132 Å². The van der Waals surface area contributed by atoms with E-state index in [0.29, 0.717) is 57.4 Å². The number of halogens is 2. The minimum Gasteiger partial charge on any atom is -0.352 e. The summed E-state index contributed by atoms with van der Waals surface area (Å²) in [6.45, 7) is 6.09. The summed E-state index contributed by atoms with van der Waals surface area (Å²) in [5.41, 5.74) is 1.16. The number of nitro benzene ring substituents is 1. The van der Waals surface area contributed by atoms with Crippen molar-refractivity contribution in [3.8, 4) is 0 Å². The van der Waals surface area contributed by atoms with Gasteiger partial charge in [0.05, 0.1) is 20.7 Å². The van der Waals surface area contributed by atoms with Crippen LogP contribution in [0.1, 0.15) is 21.7 Å². The number of nitrogens with one attached hydrogen (secondary N) is 2. The number of rotatable bonds is 11. The second-order valence-electron chi connectivity index (χ2n) is 7.53. The number of thioether (sulfide) groups is 1. The summed E-state index contributed by atoms with van der Waals surface area (Å²) in [6, 6.07) is 9.14. The molecule has 13 heteroatoms. The maximum atomic E-state index is 12.4. The van der Waals surface area contributed by atoms with Crippen molar-refractivity contribution in [1.29, 1.82) is 0 Å². The fourth-order valence-electron chi connectivity index (χ4n) is 3.16. The number of anilines is 1. The molecule has 0 fully saturated rings. The van der Waals surface area contributed by atoms with Crippen molar-refractivity contribution in [2.24, 2.45) is 0 Å². The lowest BCUT2D eigenvalue weighted by Gasteiger charge is -2.09. The third-order valence-corrected chi connectivity index (χ3v) is 6.65. The second kappa shape index (κ2) is 12.5. The molecule has 36 heavy (non-hydrogen) atoms. The van der Waals surface area contributed by atoms with Gasteiger partial charge in [0.2, 0.25) is 5.91 Å². The molecule has 0 spiro atoms. The number of aryl methyl sites for hydroxylation is 1. The average molecular weight is 549 g/mol. The Kier molecular flexibility index (Phi) is 9.45. The number of hydrogen-bond donors (Lipinski definition) is 2. The van der Waals surface area contributed by atoms with E-state index < -0.39 is 4.92 Å². The van der Waals surface area contributed by atoms with E-state index in [9.17, 15) is 19.7 Å². The second-order valence-corrected chi connectivity index (χ2v) is 9.28. The van der Waals surface area contributed by atoms with Gasteiger partial charge in [-0.3, -0.25) is 19.7 Å². The highest BCUT2D eigenvalue weighted by Crippen LogP contribution is 2.24. The van der Waals surface area contributed by atoms with Crippen LogP contribution in [-0.2, 0) is 17.8 Å². The molecule has 2 N–H and O–H groups in total. The molecule has 0 atom stereocenters. The van der Waals surface area contributed by atoms with Crippen LogP contribution in [0.3, 0.4) is 0 Å². The highest BCUT2D eigenvalue weighted by atomic mass is 35.5. The molecule has 0 bridgehead atoms. The SMILES string of the molecule is C=CCn1c(CCNC(=O)c2ccc(Cl)c(Cl)c2)nnc1SCC(=O)Nc1ccc(C)c([N+](=O)[O-])c1. The first-order valence-corrected chi connectivity index (χ1v) is 12.4. The van der Waals surface area contributed by atoms with E-state index in [4.69, 9.17) is 23.2 Å². The van der Waals surface area contributed by atoms with Gasteiger partial charge in [-0.1, -0.05) is 47.1 Å². The van der Waals surface area contributed by atoms with Gasteiger partial charge in [0, 0.05) is 42.4 Å². The highest BCUT2D eigenvalue weighted by molar-refractivity contribution is 7.99. The first-order chi connectivity index (χ1) is 17.2. The summed E-state index contributed by atoms with van der Waals surface area (Å²) in [6.07, 6.45) is 2.07. The Balaban J connectivity index is 1.57. The minimum absolute atomic E-state index is 0.0189. The molecule has 2 aromatic carbocycles. The minimum atomic E-state index is -0.494. The Morgan fingerprint density at radius 1 is 1.19 bits per heavy atom. The zero-order chi connectivity index (χ0) is 26.2. The van der Waals surface area contributed by atoms with E-state index in [-0.39, 0.29) is 23.3 Å². The first kappa shape index (κ1) is 27.2. The molecule has 1 aromatic heterocycles. The number of aromatic nitrogens is 3. The van der Waals surface area contributed by atoms with E-state index in [2.05, 4.69) is 27.4 Å². The lowest BCUT2D eigenvalue weighted by atomic mass is 10.2. The zero-order valence-electron chi connectivity index (χ0n) is 19.2. The summed E-state index contributed by atoms with van der Waals surface area (Å²) >= 11 is 13.0. The summed E-state index contributed by atoms with van der Waals surface area (Å²) < 4.78 is 1.80. The van der Waals surface area contributed by atoms with Crippen LogP contribution >= 0.6 is 35.0 Å². The van der Waals surface area contributed by atoms with Crippen LogP contribution in [0.15, 0.2) is 54.2 Å². The lowest BCUT2D eigenvalue weighted by molar-refractivity contribution is -0.385. The van der Waals surface area contributed by atoms with Gasteiger partial charge in [0.1, 0.15) is 5.82 Å². The number of carbonyl (C=O) groups is 2. The third-order valence-electron chi connectivity index (χ3n) is 4.94. The quantitative estimate of drug-likeness (QED) is 0.154. The number of allylic oxidation sites excluding steroid dienone is 1. The van der Waals surface area contributed by atoms with Gasteiger partial charge in [-0.25, -0.2) is 0 Å². The van der Waals surface area contributed by atoms with Crippen molar-refractivity contribution in [2.45, 2.75) is 25.0 Å². The van der Waals surface area contributed by atoms with Gasteiger partial charge in [0.25, 0.3) is 11.6 Å². The Morgan fingerprint density at radius 2 is 1.97 bits per heavy atom. The molecule has 0 radical (unpaired) electrons. The van der Waals surface area contributed by atoms with Crippen LogP contribution in [0.5, 0.6) is 0 Å². The predicted molar refractivity (Wildman–Crippen MR) is 140 cm³/mol. The van der Waals surface area contributed by atoms with Crippen molar-refractivity contribution in [2.75, 3.05) is 17.6 Å². The fraction of sp³-hybridized carbons (Fsp3) is 0.217. The summed E-state index contributed by atoms with van der Waals surface area (Å²) in [7, 11) is 0. The molecule has 0 saturated heterocycles. The number of benzene rings is 2. The largest absolute Gasteiger partial charge is 0.352 e. The molecular weight excluding hydrogens is 527 g/mol. The molecule has 0 saturated carbocycles. The van der Waals surface area contributed by atoms with Gasteiger partial charge in [-0.05, 0) is 31.2 Å². The van der Waals surface area contributed by atoms with Crippen molar-refractivity contribution in [3.05, 3.63) is 86.2 Å². The van der Waals surface area contributed by atoms with E-state index in [1.54, 1.807) is 41.8 Å². The third kappa shape index (κ3) is 7.06. The average Bonchev–Trinajstić information content (AvgIpc) is 3.22. The molecule has 3 aromatic rings. The molecule has 1 heterocycles. The molecular formula is C23H22Cl2N6O4S. The molecule has 0 aliphatic rings. The van der Waals surface area contributed by atoms with Crippen molar-refractivity contribution in [3.63, 3.8) is 0 Å². The molecule has 2 amide bonds. The van der Waals surface area contributed by atoms with Crippen LogP contribution in [-0.4, -0.2) is 43.8 Å². The van der Waals surface area contributed by atoms with Crippen LogP contribution < -0.4 is 10.6 Å². The van der Waals surface area contributed by atoms with E-state index in [1.807, 2.05) is 0 Å². The monoisotopic (exact) mass is 548 g/mol. The van der Waals surface area contributed by atoms with Crippen molar-refractivity contribution in [1.82, 2.24) is 20.1 Å². The van der Waals surface area contributed by atoms with E-state index in [0.717, 1.165) is 0 Å². The van der Waals surface area contributed by atoms with Gasteiger partial charge >= 0.3 is 0 Å². The van der Waals surface area contributed by atoms with Crippen LogP contribution in [0, 0.1) is 17.0 Å². The summed E-state index contributed by atoms with van der Waals surface area (Å²) in [4.78, 5) is 35.4. The van der Waals surface area contributed by atoms with Crippen LogP contribution in [0.25, 0.3) is 0 Å². The predicted octanol–water partition coefficient (Wildman–Crippen LogP) is 4.69. The zero-order valence-corrected chi connectivity index (χ0v) is 21.5. The van der Waals surface area contributed by atoms with Gasteiger partial charge < -0.3 is 15.2 Å². The Hall–Kier alpha value is -3.41. The number of nitrogens with zero attached hydrogens (tertiary/aromatic N) is 4.